The predicted molar refractivity (Wildman–Crippen MR) is 109 cm³/mol. The van der Waals surface area contributed by atoms with Gasteiger partial charge >= 0.3 is 0 Å². The number of hydrogen-bond acceptors (Lipinski definition) is 4. The quantitative estimate of drug-likeness (QED) is 0.665. The van der Waals surface area contributed by atoms with Gasteiger partial charge in [0.1, 0.15) is 11.5 Å². The molecule has 0 radical (unpaired) electrons. The molecule has 0 bridgehead atoms. The van der Waals surface area contributed by atoms with Gasteiger partial charge in [-0.15, -0.1) is 0 Å². The number of aromatic nitrogens is 2. The molecule has 0 fully saturated rings. The van der Waals surface area contributed by atoms with Gasteiger partial charge in [-0.2, -0.15) is 0 Å². The Hall–Kier alpha value is -3.28. The molecule has 0 aliphatic rings. The fraction of sp³-hybridized carbons (Fsp3) is 0.227. The summed E-state index contributed by atoms with van der Waals surface area (Å²) >= 11 is 0. The fourth-order valence-electron chi connectivity index (χ4n) is 2.79. The van der Waals surface area contributed by atoms with Crippen LogP contribution in [0.3, 0.4) is 0 Å². The number of nitrogens with zero attached hydrogens (tertiary/aromatic N) is 2. The molecule has 5 nitrogen and oxygen atoms in total. The smallest absolute Gasteiger partial charge is 0.274 e. The maximum atomic E-state index is 13.7. The highest BCUT2D eigenvalue weighted by atomic mass is 19.1. The Labute approximate surface area is 164 Å². The summed E-state index contributed by atoms with van der Waals surface area (Å²) in [5.74, 6) is -0.185. The molecule has 0 spiro atoms. The van der Waals surface area contributed by atoms with Gasteiger partial charge in [0.25, 0.3) is 5.91 Å². The summed E-state index contributed by atoms with van der Waals surface area (Å²) < 4.78 is 13.7. The number of anilines is 2. The molecule has 0 saturated carbocycles. The van der Waals surface area contributed by atoms with Gasteiger partial charge in [-0.25, -0.2) is 14.4 Å². The van der Waals surface area contributed by atoms with E-state index in [1.807, 2.05) is 32.0 Å². The Kier molecular flexibility index (Phi) is 5.99. The van der Waals surface area contributed by atoms with Crippen molar-refractivity contribution in [1.82, 2.24) is 9.97 Å². The lowest BCUT2D eigenvalue weighted by molar-refractivity contribution is 0.102. The average Bonchev–Trinajstić information content (AvgIpc) is 2.66. The molecule has 28 heavy (non-hydrogen) atoms. The van der Waals surface area contributed by atoms with Crippen molar-refractivity contribution in [2.75, 3.05) is 17.2 Å². The number of aryl methyl sites for hydroxylation is 3. The Balaban J connectivity index is 1.67. The van der Waals surface area contributed by atoms with Crippen LogP contribution in [0.4, 0.5) is 16.0 Å². The molecular formula is C22H23FN4O. The van der Waals surface area contributed by atoms with E-state index in [2.05, 4.69) is 20.6 Å². The Morgan fingerprint density at radius 3 is 2.54 bits per heavy atom. The molecule has 2 N–H and O–H groups in total. The maximum absolute atomic E-state index is 13.7. The topological polar surface area (TPSA) is 66.9 Å². The van der Waals surface area contributed by atoms with Crippen LogP contribution in [0.2, 0.25) is 0 Å². The maximum Gasteiger partial charge on any atom is 0.274 e. The van der Waals surface area contributed by atoms with E-state index in [4.69, 9.17) is 0 Å². The van der Waals surface area contributed by atoms with Crippen molar-refractivity contribution in [3.8, 4) is 0 Å². The summed E-state index contributed by atoms with van der Waals surface area (Å²) in [7, 11) is 0. The van der Waals surface area contributed by atoms with E-state index >= 15 is 0 Å². The zero-order valence-electron chi connectivity index (χ0n) is 16.2. The number of hydrogen-bond donors (Lipinski definition) is 2. The third-order valence-corrected chi connectivity index (χ3v) is 4.49. The summed E-state index contributed by atoms with van der Waals surface area (Å²) in [6, 6.07) is 14.0. The second-order valence-corrected chi connectivity index (χ2v) is 6.74. The van der Waals surface area contributed by atoms with Crippen molar-refractivity contribution in [2.45, 2.75) is 27.2 Å². The number of halogens is 1. The van der Waals surface area contributed by atoms with Gasteiger partial charge in [-0.05, 0) is 68.1 Å². The molecule has 0 aliphatic carbocycles. The number of nitrogens with one attached hydrogen (secondary N) is 2. The molecule has 144 valence electrons. The van der Waals surface area contributed by atoms with Crippen molar-refractivity contribution in [3.63, 3.8) is 0 Å². The fourth-order valence-corrected chi connectivity index (χ4v) is 2.79. The highest BCUT2D eigenvalue weighted by molar-refractivity contribution is 6.03. The predicted octanol–water partition coefficient (Wildman–Crippen LogP) is 4.45. The van der Waals surface area contributed by atoms with Crippen molar-refractivity contribution in [1.29, 1.82) is 0 Å². The average molecular weight is 378 g/mol. The second kappa shape index (κ2) is 8.61. The zero-order chi connectivity index (χ0) is 20.1. The number of benzene rings is 2. The van der Waals surface area contributed by atoms with Crippen LogP contribution < -0.4 is 10.6 Å². The number of carbonyl (C=O) groups excluding carboxylic acids is 1. The molecule has 3 aromatic rings. The van der Waals surface area contributed by atoms with E-state index in [1.165, 1.54) is 6.07 Å². The number of carbonyl (C=O) groups is 1. The lowest BCUT2D eigenvalue weighted by Crippen LogP contribution is -2.17. The SMILES string of the molecule is Cc1cc(C(=O)Nc2ccc(C)c(C)c2)nc(NCCc2ccccc2F)n1. The molecule has 0 aliphatic heterocycles. The molecule has 0 saturated heterocycles. The number of amides is 1. The lowest BCUT2D eigenvalue weighted by Gasteiger charge is -2.10. The molecule has 6 heteroatoms. The van der Waals surface area contributed by atoms with E-state index in [1.54, 1.807) is 31.2 Å². The third kappa shape index (κ3) is 4.91. The van der Waals surface area contributed by atoms with Gasteiger partial charge in [0.05, 0.1) is 0 Å². The second-order valence-electron chi connectivity index (χ2n) is 6.74. The third-order valence-electron chi connectivity index (χ3n) is 4.49. The van der Waals surface area contributed by atoms with E-state index in [0.29, 0.717) is 30.2 Å². The summed E-state index contributed by atoms with van der Waals surface area (Å²) in [5, 5.41) is 5.93. The first-order chi connectivity index (χ1) is 13.4. The first-order valence-electron chi connectivity index (χ1n) is 9.14. The van der Waals surface area contributed by atoms with E-state index < -0.39 is 0 Å². The first kappa shape index (κ1) is 19.5. The van der Waals surface area contributed by atoms with Crippen LogP contribution in [-0.2, 0) is 6.42 Å². The Morgan fingerprint density at radius 1 is 1.00 bits per heavy atom. The van der Waals surface area contributed by atoms with Crippen LogP contribution >= 0.6 is 0 Å². The minimum atomic E-state index is -0.300. The van der Waals surface area contributed by atoms with Gasteiger partial charge in [-0.3, -0.25) is 4.79 Å². The van der Waals surface area contributed by atoms with Crippen molar-refractivity contribution >= 4 is 17.5 Å². The summed E-state index contributed by atoms with van der Waals surface area (Å²) in [5.41, 5.74) is 4.56. The van der Waals surface area contributed by atoms with Crippen LogP contribution in [0, 0.1) is 26.6 Å². The van der Waals surface area contributed by atoms with Gasteiger partial charge in [-0.1, -0.05) is 24.3 Å². The van der Waals surface area contributed by atoms with Crippen LogP contribution in [-0.4, -0.2) is 22.4 Å². The lowest BCUT2D eigenvalue weighted by atomic mass is 10.1. The van der Waals surface area contributed by atoms with Crippen LogP contribution in [0.25, 0.3) is 0 Å². The monoisotopic (exact) mass is 378 g/mol. The molecule has 2 aromatic carbocycles. The van der Waals surface area contributed by atoms with Crippen molar-refractivity contribution < 1.29 is 9.18 Å². The number of rotatable bonds is 6. The summed E-state index contributed by atoms with van der Waals surface area (Å²) in [6.07, 6.45) is 0.494. The van der Waals surface area contributed by atoms with Gasteiger partial charge < -0.3 is 10.6 Å². The van der Waals surface area contributed by atoms with E-state index in [-0.39, 0.29) is 17.4 Å². The van der Waals surface area contributed by atoms with Gasteiger partial charge in [0.2, 0.25) is 5.95 Å². The minimum absolute atomic E-state index is 0.233. The Morgan fingerprint density at radius 2 is 1.79 bits per heavy atom. The van der Waals surface area contributed by atoms with E-state index in [9.17, 15) is 9.18 Å². The molecule has 1 amide bonds. The van der Waals surface area contributed by atoms with Crippen LogP contribution in [0.1, 0.15) is 32.9 Å². The highest BCUT2D eigenvalue weighted by Crippen LogP contribution is 2.16. The summed E-state index contributed by atoms with van der Waals surface area (Å²) in [6.45, 7) is 6.28. The van der Waals surface area contributed by atoms with Crippen LogP contribution in [0.15, 0.2) is 48.5 Å². The normalized spacial score (nSPS) is 10.6. The largest absolute Gasteiger partial charge is 0.354 e. The molecule has 1 aromatic heterocycles. The van der Waals surface area contributed by atoms with Crippen molar-refractivity contribution in [3.05, 3.63) is 82.4 Å². The van der Waals surface area contributed by atoms with E-state index in [0.717, 1.165) is 16.8 Å². The minimum Gasteiger partial charge on any atom is -0.354 e. The standard InChI is InChI=1S/C22H23FN4O/c1-14-8-9-18(12-15(14)2)26-21(28)20-13-16(3)25-22(27-20)24-11-10-17-6-4-5-7-19(17)23/h4-9,12-13H,10-11H2,1-3H3,(H,26,28)(H,24,25,27). The molecule has 1 heterocycles. The highest BCUT2D eigenvalue weighted by Gasteiger charge is 2.11. The van der Waals surface area contributed by atoms with Crippen molar-refractivity contribution in [2.24, 2.45) is 0 Å². The molecular weight excluding hydrogens is 355 g/mol. The molecule has 0 atom stereocenters. The zero-order valence-corrected chi connectivity index (χ0v) is 16.2. The first-order valence-corrected chi connectivity index (χ1v) is 9.14. The Bertz CT molecular complexity index is 1000. The van der Waals surface area contributed by atoms with Crippen LogP contribution in [0.5, 0.6) is 0 Å². The molecule has 0 unspecified atom stereocenters. The van der Waals surface area contributed by atoms with Gasteiger partial charge in [0.15, 0.2) is 0 Å². The molecule has 3 rings (SSSR count). The summed E-state index contributed by atoms with van der Waals surface area (Å²) in [4.78, 5) is 21.2. The van der Waals surface area contributed by atoms with Gasteiger partial charge in [0, 0.05) is 17.9 Å².